The van der Waals surface area contributed by atoms with Gasteiger partial charge in [-0.25, -0.2) is 4.79 Å². The minimum atomic E-state index is -1.34. The van der Waals surface area contributed by atoms with Crippen LogP contribution in [0.2, 0.25) is 0 Å². The molecule has 0 bridgehead atoms. The van der Waals surface area contributed by atoms with Crippen LogP contribution in [-0.2, 0) is 0 Å². The van der Waals surface area contributed by atoms with Crippen molar-refractivity contribution in [2.45, 2.75) is 64.8 Å². The van der Waals surface area contributed by atoms with Crippen LogP contribution in [0.5, 0.6) is 5.75 Å². The Morgan fingerprint density at radius 3 is 2.53 bits per heavy atom. The molecule has 0 spiro atoms. The van der Waals surface area contributed by atoms with Gasteiger partial charge in [0.1, 0.15) is 24.0 Å². The molecule has 2 atom stereocenters. The molecule has 0 unspecified atom stereocenters. The Morgan fingerprint density at radius 2 is 1.83 bits per heavy atom. The smallest absolute Gasteiger partial charge is 0.336 e. The summed E-state index contributed by atoms with van der Waals surface area (Å²) in [6.45, 7) is 7.29. The van der Waals surface area contributed by atoms with Crippen LogP contribution >= 0.6 is 0 Å². The van der Waals surface area contributed by atoms with Gasteiger partial charge in [-0.15, -0.1) is 0 Å². The zero-order chi connectivity index (χ0) is 22.3. The van der Waals surface area contributed by atoms with E-state index < -0.39 is 17.8 Å². The molecule has 3 N–H and O–H groups in total. The van der Waals surface area contributed by atoms with Crippen molar-refractivity contribution in [3.05, 3.63) is 64.1 Å². The molecule has 2 rings (SSSR count). The number of hydrogen-bond acceptors (Lipinski definition) is 6. The van der Waals surface area contributed by atoms with Crippen molar-refractivity contribution in [1.29, 1.82) is 0 Å². The summed E-state index contributed by atoms with van der Waals surface area (Å²) in [6, 6.07) is 8.50. The molecule has 0 fully saturated rings. The topological polar surface area (TPSA) is 100 Å². The Bertz CT molecular complexity index is 948. The van der Waals surface area contributed by atoms with Crippen molar-refractivity contribution in [2.75, 3.05) is 6.61 Å². The van der Waals surface area contributed by atoms with Crippen LogP contribution in [0.25, 0.3) is 11.0 Å². The van der Waals surface area contributed by atoms with Gasteiger partial charge in [0.15, 0.2) is 0 Å². The van der Waals surface area contributed by atoms with E-state index in [9.17, 15) is 20.1 Å². The third kappa shape index (κ3) is 7.44. The first-order chi connectivity index (χ1) is 14.1. The highest BCUT2D eigenvalue weighted by Crippen LogP contribution is 2.20. The van der Waals surface area contributed by atoms with E-state index in [1.807, 2.05) is 38.1 Å². The fraction of sp³-hybridized carbons (Fsp3) is 0.458. The maximum Gasteiger partial charge on any atom is 0.336 e. The number of benzene rings is 1. The average molecular weight is 417 g/mol. The molecule has 1 heterocycles. The number of allylic oxidation sites excluding steroid dienone is 2. The molecule has 6 nitrogen and oxygen atoms in total. The quantitative estimate of drug-likeness (QED) is 0.403. The lowest BCUT2D eigenvalue weighted by atomic mass is 9.93. The van der Waals surface area contributed by atoms with Gasteiger partial charge in [-0.2, -0.15) is 0 Å². The Balaban J connectivity index is 1.80. The molecular formula is C24H32O6. The van der Waals surface area contributed by atoms with Gasteiger partial charge >= 0.3 is 5.63 Å². The van der Waals surface area contributed by atoms with Crippen LogP contribution in [0.15, 0.2) is 62.8 Å². The lowest BCUT2D eigenvalue weighted by Crippen LogP contribution is -2.44. The van der Waals surface area contributed by atoms with Crippen molar-refractivity contribution in [2.24, 2.45) is 0 Å². The van der Waals surface area contributed by atoms with Crippen LogP contribution in [0.3, 0.4) is 0 Å². The van der Waals surface area contributed by atoms with E-state index in [0.29, 0.717) is 24.4 Å². The van der Waals surface area contributed by atoms with Gasteiger partial charge in [0.05, 0.1) is 11.7 Å². The molecule has 0 saturated heterocycles. The molecule has 0 aliphatic rings. The minimum absolute atomic E-state index is 0.315. The minimum Gasteiger partial charge on any atom is -0.489 e. The first-order valence-corrected chi connectivity index (χ1v) is 10.1. The third-order valence-electron chi connectivity index (χ3n) is 4.93. The molecule has 6 heteroatoms. The van der Waals surface area contributed by atoms with Gasteiger partial charge in [0.25, 0.3) is 0 Å². The van der Waals surface area contributed by atoms with Gasteiger partial charge in [0.2, 0.25) is 0 Å². The highest BCUT2D eigenvalue weighted by molar-refractivity contribution is 5.77. The predicted molar refractivity (Wildman–Crippen MR) is 118 cm³/mol. The highest BCUT2D eigenvalue weighted by Gasteiger charge is 2.30. The number of ether oxygens (including phenoxy) is 1. The molecule has 1 aromatic carbocycles. The van der Waals surface area contributed by atoms with E-state index in [-0.39, 0.29) is 5.63 Å². The standard InChI is InChI=1S/C24H32O6/c1-16(6-5-7-17(2)14-20(25)23(27)24(3,4)28)12-13-29-19-10-8-18-9-11-22(26)30-21(18)15-19/h7-12,15,20,23,25,27-28H,5-6,13-14H2,1-4H3/b16-12+,17-7+/t20-,23+/m0/s1. The molecule has 0 amide bonds. The Morgan fingerprint density at radius 1 is 1.13 bits per heavy atom. The lowest BCUT2D eigenvalue weighted by molar-refractivity contribution is -0.105. The molecule has 2 aromatic rings. The monoisotopic (exact) mass is 416 g/mol. The van der Waals surface area contributed by atoms with E-state index in [0.717, 1.165) is 23.8 Å². The predicted octanol–water partition coefficient (Wildman–Crippen LogP) is 3.73. The molecule has 0 aliphatic heterocycles. The number of fused-ring (bicyclic) bond motifs is 1. The number of aliphatic hydroxyl groups excluding tert-OH is 2. The largest absolute Gasteiger partial charge is 0.489 e. The molecular weight excluding hydrogens is 384 g/mol. The second kappa shape index (κ2) is 10.6. The SMILES string of the molecule is C/C(=C\COc1ccc2ccc(=O)oc2c1)CC/C=C(\C)C[C@H](O)[C@@H](O)C(C)(C)O. The van der Waals surface area contributed by atoms with Gasteiger partial charge in [0, 0.05) is 17.5 Å². The van der Waals surface area contributed by atoms with Crippen molar-refractivity contribution in [3.8, 4) is 5.75 Å². The zero-order valence-corrected chi connectivity index (χ0v) is 18.1. The van der Waals surface area contributed by atoms with E-state index in [1.165, 1.54) is 25.5 Å². The molecule has 0 saturated carbocycles. The maximum absolute atomic E-state index is 11.3. The maximum atomic E-state index is 11.3. The van der Waals surface area contributed by atoms with Crippen molar-refractivity contribution >= 4 is 11.0 Å². The van der Waals surface area contributed by atoms with Crippen molar-refractivity contribution < 1.29 is 24.5 Å². The molecule has 164 valence electrons. The zero-order valence-electron chi connectivity index (χ0n) is 18.1. The summed E-state index contributed by atoms with van der Waals surface area (Å²) < 4.78 is 10.9. The van der Waals surface area contributed by atoms with E-state index in [4.69, 9.17) is 9.15 Å². The summed E-state index contributed by atoms with van der Waals surface area (Å²) in [5.41, 5.74) is 0.908. The summed E-state index contributed by atoms with van der Waals surface area (Å²) >= 11 is 0. The Hall–Kier alpha value is -2.41. The highest BCUT2D eigenvalue weighted by atomic mass is 16.5. The van der Waals surface area contributed by atoms with Gasteiger partial charge in [-0.05, 0) is 71.2 Å². The Labute approximate surface area is 177 Å². The van der Waals surface area contributed by atoms with E-state index >= 15 is 0 Å². The van der Waals surface area contributed by atoms with Crippen molar-refractivity contribution in [3.63, 3.8) is 0 Å². The second-order valence-electron chi connectivity index (χ2n) is 8.27. The van der Waals surface area contributed by atoms with Gasteiger partial charge < -0.3 is 24.5 Å². The molecule has 30 heavy (non-hydrogen) atoms. The summed E-state index contributed by atoms with van der Waals surface area (Å²) in [4.78, 5) is 11.3. The molecule has 0 aliphatic carbocycles. The number of aliphatic hydroxyl groups is 3. The number of rotatable bonds is 10. The third-order valence-corrected chi connectivity index (χ3v) is 4.93. The van der Waals surface area contributed by atoms with E-state index in [1.54, 1.807) is 12.1 Å². The van der Waals surface area contributed by atoms with Crippen LogP contribution in [0.1, 0.15) is 47.0 Å². The first-order valence-electron chi connectivity index (χ1n) is 10.1. The van der Waals surface area contributed by atoms with Crippen LogP contribution < -0.4 is 10.4 Å². The van der Waals surface area contributed by atoms with Crippen LogP contribution in [0, 0.1) is 0 Å². The fourth-order valence-corrected chi connectivity index (χ4v) is 3.05. The number of hydrogen-bond donors (Lipinski definition) is 3. The molecule has 1 aromatic heterocycles. The second-order valence-corrected chi connectivity index (χ2v) is 8.27. The normalized spacial score (nSPS) is 15.3. The summed E-state index contributed by atoms with van der Waals surface area (Å²) in [5.74, 6) is 0.635. The van der Waals surface area contributed by atoms with E-state index in [2.05, 4.69) is 0 Å². The lowest BCUT2D eigenvalue weighted by Gasteiger charge is -2.28. The Kier molecular flexibility index (Phi) is 8.41. The van der Waals surface area contributed by atoms with Crippen LogP contribution in [-0.4, -0.2) is 39.7 Å². The van der Waals surface area contributed by atoms with Crippen molar-refractivity contribution in [1.82, 2.24) is 0 Å². The summed E-state index contributed by atoms with van der Waals surface area (Å²) in [6.07, 6.45) is 3.80. The molecule has 0 radical (unpaired) electrons. The average Bonchev–Trinajstić information content (AvgIpc) is 2.66. The van der Waals surface area contributed by atoms with Crippen LogP contribution in [0.4, 0.5) is 0 Å². The van der Waals surface area contributed by atoms with Gasteiger partial charge in [-0.3, -0.25) is 0 Å². The summed E-state index contributed by atoms with van der Waals surface area (Å²) in [5, 5.41) is 30.6. The van der Waals surface area contributed by atoms with Gasteiger partial charge in [-0.1, -0.05) is 17.2 Å². The summed E-state index contributed by atoms with van der Waals surface area (Å²) in [7, 11) is 0. The first kappa shape index (κ1) is 23.9. The fourth-order valence-electron chi connectivity index (χ4n) is 3.05.